The number of H-pyrrole nitrogens is 1. The fourth-order valence-corrected chi connectivity index (χ4v) is 3.74. The number of nitrogens with one attached hydrogen (secondary N) is 1. The lowest BCUT2D eigenvalue weighted by Crippen LogP contribution is -2.40. The Labute approximate surface area is 162 Å². The molecule has 3 heterocycles. The molecule has 8 heteroatoms. The SMILES string of the molecule is Cc1nc(C)n(CC(C)C(=O)N2CCc3[nH]nc(-c4ccccc4F)c3C2)n1. The Balaban J connectivity index is 1.53. The average molecular weight is 382 g/mol. The van der Waals surface area contributed by atoms with Crippen LogP contribution in [0.15, 0.2) is 24.3 Å². The fourth-order valence-electron chi connectivity index (χ4n) is 3.74. The molecule has 0 fully saturated rings. The minimum Gasteiger partial charge on any atom is -0.338 e. The lowest BCUT2D eigenvalue weighted by Gasteiger charge is -2.29. The van der Waals surface area contributed by atoms with Gasteiger partial charge in [0, 0.05) is 36.3 Å². The van der Waals surface area contributed by atoms with Gasteiger partial charge in [-0.05, 0) is 26.0 Å². The van der Waals surface area contributed by atoms with E-state index in [0.717, 1.165) is 17.1 Å². The van der Waals surface area contributed by atoms with E-state index in [4.69, 9.17) is 0 Å². The quantitative estimate of drug-likeness (QED) is 0.752. The topological polar surface area (TPSA) is 79.7 Å². The zero-order chi connectivity index (χ0) is 19.8. The van der Waals surface area contributed by atoms with Crippen LogP contribution in [-0.2, 0) is 24.3 Å². The van der Waals surface area contributed by atoms with Crippen molar-refractivity contribution in [1.82, 2.24) is 29.9 Å². The maximum absolute atomic E-state index is 14.2. The zero-order valence-electron chi connectivity index (χ0n) is 16.2. The molecule has 0 saturated carbocycles. The molecule has 3 aromatic rings. The van der Waals surface area contributed by atoms with Gasteiger partial charge in [0.05, 0.1) is 12.5 Å². The first-order chi connectivity index (χ1) is 13.4. The van der Waals surface area contributed by atoms with Crippen LogP contribution in [0.2, 0.25) is 0 Å². The number of aromatic nitrogens is 5. The molecule has 0 aliphatic carbocycles. The average Bonchev–Trinajstić information content (AvgIpc) is 3.23. The number of carbonyl (C=O) groups excluding carboxylic acids is 1. The van der Waals surface area contributed by atoms with E-state index in [0.29, 0.717) is 43.1 Å². The molecule has 0 radical (unpaired) electrons. The fraction of sp³-hybridized carbons (Fsp3) is 0.400. The van der Waals surface area contributed by atoms with Crippen LogP contribution in [0.1, 0.15) is 29.8 Å². The lowest BCUT2D eigenvalue weighted by atomic mass is 9.99. The van der Waals surface area contributed by atoms with E-state index < -0.39 is 0 Å². The van der Waals surface area contributed by atoms with Crippen molar-refractivity contribution in [2.75, 3.05) is 6.54 Å². The number of benzene rings is 1. The highest BCUT2D eigenvalue weighted by Crippen LogP contribution is 2.30. The molecule has 0 bridgehead atoms. The molecule has 0 spiro atoms. The molecule has 7 nitrogen and oxygen atoms in total. The molecule has 0 saturated heterocycles. The third kappa shape index (κ3) is 3.30. The maximum atomic E-state index is 14.2. The standard InChI is InChI=1S/C20H23FN6O/c1-12(10-27-14(3)22-13(2)25-27)20(28)26-9-8-18-16(11-26)19(24-23-18)15-6-4-5-7-17(15)21/h4-7,12H,8-11H2,1-3H3,(H,23,24). The van der Waals surface area contributed by atoms with Gasteiger partial charge in [-0.25, -0.2) is 14.1 Å². The van der Waals surface area contributed by atoms with Crippen molar-refractivity contribution in [3.63, 3.8) is 0 Å². The van der Waals surface area contributed by atoms with Gasteiger partial charge in [-0.2, -0.15) is 10.2 Å². The molecule has 2 aromatic heterocycles. The normalized spacial score (nSPS) is 14.8. The van der Waals surface area contributed by atoms with E-state index in [2.05, 4.69) is 20.3 Å². The minimum absolute atomic E-state index is 0.0545. The van der Waals surface area contributed by atoms with E-state index in [1.54, 1.807) is 22.9 Å². The van der Waals surface area contributed by atoms with E-state index in [9.17, 15) is 9.18 Å². The first kappa shape index (κ1) is 18.3. The van der Waals surface area contributed by atoms with Gasteiger partial charge in [-0.1, -0.05) is 19.1 Å². The Morgan fingerprint density at radius 3 is 2.82 bits per heavy atom. The van der Waals surface area contributed by atoms with Crippen molar-refractivity contribution >= 4 is 5.91 Å². The predicted octanol–water partition coefficient (Wildman–Crippen LogP) is 2.65. The number of aryl methyl sites for hydroxylation is 2. The highest BCUT2D eigenvalue weighted by molar-refractivity contribution is 5.79. The molecule has 4 rings (SSSR count). The molecule has 1 atom stereocenters. The van der Waals surface area contributed by atoms with E-state index >= 15 is 0 Å². The summed E-state index contributed by atoms with van der Waals surface area (Å²) in [5, 5.41) is 11.7. The molecule has 1 aromatic carbocycles. The van der Waals surface area contributed by atoms with Crippen LogP contribution in [0.5, 0.6) is 0 Å². The summed E-state index contributed by atoms with van der Waals surface area (Å²) in [6.07, 6.45) is 0.677. The van der Waals surface area contributed by atoms with E-state index in [-0.39, 0.29) is 17.6 Å². The predicted molar refractivity (Wildman–Crippen MR) is 102 cm³/mol. The van der Waals surface area contributed by atoms with Gasteiger partial charge in [-0.3, -0.25) is 9.89 Å². The first-order valence-electron chi connectivity index (χ1n) is 9.42. The summed E-state index contributed by atoms with van der Waals surface area (Å²) in [6.45, 7) is 7.15. The van der Waals surface area contributed by atoms with Crippen molar-refractivity contribution in [2.45, 2.75) is 40.3 Å². The number of fused-ring (bicyclic) bond motifs is 1. The number of nitrogens with zero attached hydrogens (tertiary/aromatic N) is 5. The van der Waals surface area contributed by atoms with Gasteiger partial charge in [0.2, 0.25) is 5.91 Å². The second-order valence-corrected chi connectivity index (χ2v) is 7.31. The summed E-state index contributed by atoms with van der Waals surface area (Å²) in [5.74, 6) is 1.01. The molecular weight excluding hydrogens is 359 g/mol. The molecule has 1 unspecified atom stereocenters. The highest BCUT2D eigenvalue weighted by atomic mass is 19.1. The van der Waals surface area contributed by atoms with Crippen LogP contribution in [0.4, 0.5) is 4.39 Å². The summed E-state index contributed by atoms with van der Waals surface area (Å²) in [4.78, 5) is 19.1. The van der Waals surface area contributed by atoms with Crippen LogP contribution in [0.25, 0.3) is 11.3 Å². The molecule has 1 amide bonds. The lowest BCUT2D eigenvalue weighted by molar-refractivity contribution is -0.136. The summed E-state index contributed by atoms with van der Waals surface area (Å²) < 4.78 is 16.0. The smallest absolute Gasteiger partial charge is 0.227 e. The monoisotopic (exact) mass is 382 g/mol. The van der Waals surface area contributed by atoms with Crippen LogP contribution in [0.3, 0.4) is 0 Å². The van der Waals surface area contributed by atoms with E-state index in [1.165, 1.54) is 6.07 Å². The molecule has 1 aliphatic rings. The largest absolute Gasteiger partial charge is 0.338 e. The second-order valence-electron chi connectivity index (χ2n) is 7.31. The van der Waals surface area contributed by atoms with Crippen LogP contribution in [-0.4, -0.2) is 42.3 Å². The number of carbonyl (C=O) groups is 1. The van der Waals surface area contributed by atoms with Gasteiger partial charge < -0.3 is 4.90 Å². The van der Waals surface area contributed by atoms with Crippen LogP contribution in [0, 0.1) is 25.6 Å². The Morgan fingerprint density at radius 2 is 2.11 bits per heavy atom. The van der Waals surface area contributed by atoms with Crippen molar-refractivity contribution in [1.29, 1.82) is 0 Å². The van der Waals surface area contributed by atoms with Crippen molar-refractivity contribution in [3.8, 4) is 11.3 Å². The highest BCUT2D eigenvalue weighted by Gasteiger charge is 2.29. The van der Waals surface area contributed by atoms with Crippen molar-refractivity contribution < 1.29 is 9.18 Å². The maximum Gasteiger partial charge on any atom is 0.227 e. The summed E-state index contributed by atoms with van der Waals surface area (Å²) >= 11 is 0. The zero-order valence-corrected chi connectivity index (χ0v) is 16.2. The summed E-state index contributed by atoms with van der Waals surface area (Å²) in [7, 11) is 0. The summed E-state index contributed by atoms with van der Waals surface area (Å²) in [6, 6.07) is 6.58. The number of aromatic amines is 1. The van der Waals surface area contributed by atoms with Crippen LogP contribution < -0.4 is 0 Å². The third-order valence-electron chi connectivity index (χ3n) is 5.21. The van der Waals surface area contributed by atoms with Gasteiger partial charge in [0.15, 0.2) is 0 Å². The minimum atomic E-state index is -0.314. The number of hydrogen-bond acceptors (Lipinski definition) is 4. The summed E-state index contributed by atoms with van der Waals surface area (Å²) in [5.41, 5.74) is 2.90. The van der Waals surface area contributed by atoms with Gasteiger partial charge in [0.25, 0.3) is 0 Å². The Hall–Kier alpha value is -3.03. The molecule has 146 valence electrons. The number of rotatable bonds is 4. The van der Waals surface area contributed by atoms with E-state index in [1.807, 2.05) is 25.7 Å². The second kappa shape index (κ2) is 7.18. The number of hydrogen-bond donors (Lipinski definition) is 1. The Kier molecular flexibility index (Phi) is 4.70. The first-order valence-corrected chi connectivity index (χ1v) is 9.42. The molecule has 28 heavy (non-hydrogen) atoms. The van der Waals surface area contributed by atoms with Crippen molar-refractivity contribution in [3.05, 3.63) is 53.0 Å². The number of halogens is 1. The molecular formula is C20H23FN6O. The molecule has 1 aliphatic heterocycles. The Bertz CT molecular complexity index is 1020. The van der Waals surface area contributed by atoms with Crippen molar-refractivity contribution in [2.24, 2.45) is 5.92 Å². The number of amides is 1. The molecule has 1 N–H and O–H groups in total. The third-order valence-corrected chi connectivity index (χ3v) is 5.21. The van der Waals surface area contributed by atoms with Gasteiger partial charge in [-0.15, -0.1) is 0 Å². The van der Waals surface area contributed by atoms with Gasteiger partial charge >= 0.3 is 0 Å². The van der Waals surface area contributed by atoms with Gasteiger partial charge in [0.1, 0.15) is 23.2 Å². The van der Waals surface area contributed by atoms with Crippen LogP contribution >= 0.6 is 0 Å². The Morgan fingerprint density at radius 1 is 1.32 bits per heavy atom.